The molecule has 0 atom stereocenters. The molecule has 0 bridgehead atoms. The van der Waals surface area contributed by atoms with Crippen LogP contribution in [0.2, 0.25) is 0 Å². The fourth-order valence-electron chi connectivity index (χ4n) is 1.99. The highest BCUT2D eigenvalue weighted by molar-refractivity contribution is 7.98. The van der Waals surface area contributed by atoms with E-state index in [4.69, 9.17) is 10.5 Å². The fraction of sp³-hybridized carbons (Fsp3) is 0.312. The predicted molar refractivity (Wildman–Crippen MR) is 84.2 cm³/mol. The summed E-state index contributed by atoms with van der Waals surface area (Å²) in [6.07, 6.45) is 3.85. The van der Waals surface area contributed by atoms with Gasteiger partial charge in [-0.3, -0.25) is 0 Å². The predicted octanol–water partition coefficient (Wildman–Crippen LogP) is 3.27. The lowest BCUT2D eigenvalue weighted by molar-refractivity contribution is 0.411. The summed E-state index contributed by atoms with van der Waals surface area (Å²) in [6.45, 7) is 0.726. The van der Waals surface area contributed by atoms with Gasteiger partial charge >= 0.3 is 0 Å². The lowest BCUT2D eigenvalue weighted by atomic mass is 10.1. The molecule has 1 heterocycles. The van der Waals surface area contributed by atoms with E-state index in [0.717, 1.165) is 35.9 Å². The lowest BCUT2D eigenvalue weighted by Gasteiger charge is -2.10. The number of thioether (sulfide) groups is 1. The standard InChI is InChI=1S/C16H20N2OS/c1-19-15-8-7-13(5-4-9-17)11-14(15)12-20-16-6-2-3-10-18-16/h2-3,6-8,10-11H,4-5,9,12,17H2,1H3. The zero-order valence-corrected chi connectivity index (χ0v) is 12.5. The van der Waals surface area contributed by atoms with Gasteiger partial charge in [0.05, 0.1) is 12.1 Å². The molecule has 0 aliphatic heterocycles. The van der Waals surface area contributed by atoms with Crippen LogP contribution in [0.3, 0.4) is 0 Å². The van der Waals surface area contributed by atoms with Gasteiger partial charge < -0.3 is 10.5 Å². The Morgan fingerprint density at radius 3 is 2.85 bits per heavy atom. The van der Waals surface area contributed by atoms with Crippen molar-refractivity contribution in [3.05, 3.63) is 53.7 Å². The van der Waals surface area contributed by atoms with Crippen molar-refractivity contribution < 1.29 is 4.74 Å². The first kappa shape index (κ1) is 14.9. The van der Waals surface area contributed by atoms with E-state index < -0.39 is 0 Å². The minimum atomic E-state index is 0.726. The average Bonchev–Trinajstić information content (AvgIpc) is 2.52. The number of ether oxygens (including phenoxy) is 1. The Morgan fingerprint density at radius 1 is 1.25 bits per heavy atom. The van der Waals surface area contributed by atoms with E-state index in [9.17, 15) is 0 Å². The maximum atomic E-state index is 5.57. The molecule has 0 spiro atoms. The Morgan fingerprint density at radius 2 is 2.15 bits per heavy atom. The number of hydrogen-bond donors (Lipinski definition) is 1. The molecule has 0 saturated heterocycles. The zero-order chi connectivity index (χ0) is 14.2. The minimum absolute atomic E-state index is 0.726. The smallest absolute Gasteiger partial charge is 0.122 e. The maximum absolute atomic E-state index is 5.57. The fourth-order valence-corrected chi connectivity index (χ4v) is 2.83. The molecule has 0 amide bonds. The summed E-state index contributed by atoms with van der Waals surface area (Å²) in [6, 6.07) is 12.3. The van der Waals surface area contributed by atoms with Crippen molar-refractivity contribution in [2.75, 3.05) is 13.7 Å². The number of aryl methyl sites for hydroxylation is 1. The largest absolute Gasteiger partial charge is 0.496 e. The number of rotatable bonds is 7. The van der Waals surface area contributed by atoms with E-state index >= 15 is 0 Å². The summed E-state index contributed by atoms with van der Waals surface area (Å²) in [5.41, 5.74) is 8.09. The maximum Gasteiger partial charge on any atom is 0.122 e. The van der Waals surface area contributed by atoms with Crippen molar-refractivity contribution in [2.24, 2.45) is 5.73 Å². The highest BCUT2D eigenvalue weighted by atomic mass is 32.2. The topological polar surface area (TPSA) is 48.1 Å². The zero-order valence-electron chi connectivity index (χ0n) is 11.7. The first-order chi connectivity index (χ1) is 9.83. The van der Waals surface area contributed by atoms with Crippen LogP contribution in [0.15, 0.2) is 47.6 Å². The number of nitrogens with two attached hydrogens (primary N) is 1. The molecule has 20 heavy (non-hydrogen) atoms. The Kier molecular flexibility index (Phi) is 5.89. The minimum Gasteiger partial charge on any atom is -0.496 e. The van der Waals surface area contributed by atoms with Crippen LogP contribution in [0.4, 0.5) is 0 Å². The summed E-state index contributed by atoms with van der Waals surface area (Å²) < 4.78 is 5.43. The molecule has 0 aliphatic carbocycles. The van der Waals surface area contributed by atoms with Gasteiger partial charge in [-0.25, -0.2) is 4.98 Å². The first-order valence-electron chi connectivity index (χ1n) is 6.73. The van der Waals surface area contributed by atoms with Gasteiger partial charge in [0.25, 0.3) is 0 Å². The van der Waals surface area contributed by atoms with Crippen LogP contribution in [-0.4, -0.2) is 18.6 Å². The number of aromatic nitrogens is 1. The van der Waals surface area contributed by atoms with Crippen LogP contribution in [0.5, 0.6) is 5.75 Å². The third-order valence-electron chi connectivity index (χ3n) is 3.03. The van der Waals surface area contributed by atoms with Crippen LogP contribution in [0.1, 0.15) is 17.5 Å². The molecule has 2 rings (SSSR count). The van der Waals surface area contributed by atoms with Crippen molar-refractivity contribution >= 4 is 11.8 Å². The highest BCUT2D eigenvalue weighted by Gasteiger charge is 2.06. The van der Waals surface area contributed by atoms with Gasteiger partial charge in [-0.1, -0.05) is 18.2 Å². The van der Waals surface area contributed by atoms with E-state index in [1.807, 2.05) is 30.5 Å². The van der Waals surface area contributed by atoms with Gasteiger partial charge in [0.2, 0.25) is 0 Å². The molecular weight excluding hydrogens is 268 g/mol. The molecule has 3 nitrogen and oxygen atoms in total. The van der Waals surface area contributed by atoms with Gasteiger partial charge in [-0.05, 0) is 43.1 Å². The second kappa shape index (κ2) is 7.92. The number of hydrogen-bond acceptors (Lipinski definition) is 4. The molecule has 1 aromatic heterocycles. The number of pyridine rings is 1. The summed E-state index contributed by atoms with van der Waals surface area (Å²) in [4.78, 5) is 4.33. The van der Waals surface area contributed by atoms with Crippen molar-refractivity contribution in [1.82, 2.24) is 4.98 Å². The first-order valence-corrected chi connectivity index (χ1v) is 7.71. The summed E-state index contributed by atoms with van der Waals surface area (Å²) in [5, 5.41) is 1.03. The number of nitrogens with zero attached hydrogens (tertiary/aromatic N) is 1. The van der Waals surface area contributed by atoms with Crippen molar-refractivity contribution in [1.29, 1.82) is 0 Å². The van der Waals surface area contributed by atoms with Gasteiger partial charge in [0.1, 0.15) is 5.75 Å². The van der Waals surface area contributed by atoms with Crippen molar-refractivity contribution in [3.8, 4) is 5.75 Å². The Bertz CT molecular complexity index is 531. The second-order valence-corrected chi connectivity index (χ2v) is 5.49. The summed E-state index contributed by atoms with van der Waals surface area (Å²) in [7, 11) is 1.71. The SMILES string of the molecule is COc1ccc(CCCN)cc1CSc1ccccn1. The lowest BCUT2D eigenvalue weighted by Crippen LogP contribution is -2.01. The third-order valence-corrected chi connectivity index (χ3v) is 4.02. The summed E-state index contributed by atoms with van der Waals surface area (Å²) >= 11 is 1.72. The van der Waals surface area contributed by atoms with Crippen LogP contribution in [0, 0.1) is 0 Å². The van der Waals surface area contributed by atoms with Gasteiger partial charge in [0, 0.05) is 17.5 Å². The van der Waals surface area contributed by atoms with Gasteiger partial charge in [-0.15, -0.1) is 11.8 Å². The monoisotopic (exact) mass is 288 g/mol. The Hall–Kier alpha value is -1.52. The van der Waals surface area contributed by atoms with E-state index in [2.05, 4.69) is 17.1 Å². The number of methoxy groups -OCH3 is 1. The van der Waals surface area contributed by atoms with Gasteiger partial charge in [-0.2, -0.15) is 0 Å². The van der Waals surface area contributed by atoms with E-state index in [1.165, 1.54) is 11.1 Å². The van der Waals surface area contributed by atoms with E-state index in [0.29, 0.717) is 0 Å². The van der Waals surface area contributed by atoms with Crippen LogP contribution < -0.4 is 10.5 Å². The third kappa shape index (κ3) is 4.25. The Balaban J connectivity index is 2.07. The van der Waals surface area contributed by atoms with E-state index in [1.54, 1.807) is 18.9 Å². The van der Waals surface area contributed by atoms with Gasteiger partial charge in [0.15, 0.2) is 0 Å². The number of benzene rings is 1. The molecule has 4 heteroatoms. The molecule has 0 aliphatic rings. The van der Waals surface area contributed by atoms with Crippen molar-refractivity contribution in [2.45, 2.75) is 23.6 Å². The second-order valence-electron chi connectivity index (χ2n) is 4.50. The van der Waals surface area contributed by atoms with Crippen LogP contribution in [-0.2, 0) is 12.2 Å². The highest BCUT2D eigenvalue weighted by Crippen LogP contribution is 2.28. The molecule has 1 aromatic carbocycles. The van der Waals surface area contributed by atoms with Crippen molar-refractivity contribution in [3.63, 3.8) is 0 Å². The molecule has 0 fully saturated rings. The van der Waals surface area contributed by atoms with Crippen LogP contribution >= 0.6 is 11.8 Å². The molecule has 106 valence electrons. The molecule has 2 N–H and O–H groups in total. The normalized spacial score (nSPS) is 10.5. The van der Waals surface area contributed by atoms with E-state index in [-0.39, 0.29) is 0 Å². The van der Waals surface area contributed by atoms with Crippen LogP contribution in [0.25, 0.3) is 0 Å². The molecule has 2 aromatic rings. The average molecular weight is 288 g/mol. The molecular formula is C16H20N2OS. The molecule has 0 radical (unpaired) electrons. The molecule has 0 unspecified atom stereocenters. The molecule has 0 saturated carbocycles. The quantitative estimate of drug-likeness (QED) is 0.794. The Labute approximate surface area is 124 Å². The summed E-state index contributed by atoms with van der Waals surface area (Å²) in [5.74, 6) is 1.79.